The average molecular weight is 314 g/mol. The number of nitrogens with one attached hydrogen (secondary N) is 2. The Labute approximate surface area is 134 Å². The first-order valence-corrected chi connectivity index (χ1v) is 7.11. The number of carbonyl (C=O) groups is 2. The Kier molecular flexibility index (Phi) is 6.14. The van der Waals surface area contributed by atoms with E-state index in [2.05, 4.69) is 10.6 Å². The van der Waals surface area contributed by atoms with Gasteiger partial charge in [0, 0.05) is 5.69 Å². The summed E-state index contributed by atoms with van der Waals surface area (Å²) in [6.07, 6.45) is 0. The summed E-state index contributed by atoms with van der Waals surface area (Å²) < 4.78 is 5.28. The van der Waals surface area contributed by atoms with E-state index in [1.54, 1.807) is 48.5 Å². The predicted molar refractivity (Wildman–Crippen MR) is 85.9 cm³/mol. The zero-order chi connectivity index (χ0) is 16.5. The lowest BCUT2D eigenvalue weighted by Gasteiger charge is -2.09. The van der Waals surface area contributed by atoms with Crippen molar-refractivity contribution in [1.82, 2.24) is 5.32 Å². The molecule has 2 amide bonds. The summed E-state index contributed by atoms with van der Waals surface area (Å²) in [4.78, 5) is 23.4. The number of amides is 2. The molecule has 0 heterocycles. The van der Waals surface area contributed by atoms with Gasteiger partial charge in [0.1, 0.15) is 5.75 Å². The second-order valence-electron chi connectivity index (χ2n) is 4.79. The van der Waals surface area contributed by atoms with Gasteiger partial charge in [0.25, 0.3) is 5.91 Å². The Morgan fingerprint density at radius 1 is 1.00 bits per heavy atom. The Balaban J connectivity index is 1.72. The molecule has 2 rings (SSSR count). The minimum atomic E-state index is -0.381. The van der Waals surface area contributed by atoms with Crippen molar-refractivity contribution >= 4 is 17.5 Å². The number of aliphatic hydroxyl groups is 1. The zero-order valence-electron chi connectivity index (χ0n) is 12.5. The van der Waals surface area contributed by atoms with Crippen LogP contribution in [0.5, 0.6) is 5.75 Å². The van der Waals surface area contributed by atoms with Gasteiger partial charge in [-0.15, -0.1) is 0 Å². The van der Waals surface area contributed by atoms with Gasteiger partial charge in [-0.2, -0.15) is 0 Å². The molecule has 6 heteroatoms. The number of anilines is 1. The van der Waals surface area contributed by atoms with Crippen LogP contribution in [0.3, 0.4) is 0 Å². The number of aliphatic hydroxyl groups excluding tert-OH is 1. The topological polar surface area (TPSA) is 87.7 Å². The van der Waals surface area contributed by atoms with E-state index in [0.717, 1.165) is 0 Å². The van der Waals surface area contributed by atoms with Crippen LogP contribution in [0.25, 0.3) is 0 Å². The first-order chi connectivity index (χ1) is 11.2. The van der Waals surface area contributed by atoms with Gasteiger partial charge in [-0.1, -0.05) is 30.3 Å². The molecule has 0 atom stereocenters. The number of carbonyl (C=O) groups excluding carboxylic acids is 2. The molecule has 2 aromatic rings. The van der Waals surface area contributed by atoms with E-state index >= 15 is 0 Å². The molecular formula is C17H18N2O4. The molecular weight excluding hydrogens is 296 g/mol. The third kappa shape index (κ3) is 5.80. The van der Waals surface area contributed by atoms with Crippen LogP contribution in [0.1, 0.15) is 5.56 Å². The summed E-state index contributed by atoms with van der Waals surface area (Å²) in [5.74, 6) is -0.144. The van der Waals surface area contributed by atoms with Gasteiger partial charge < -0.3 is 20.5 Å². The molecule has 0 fully saturated rings. The predicted octanol–water partition coefficient (Wildman–Crippen LogP) is 1.31. The maximum atomic E-state index is 11.8. The van der Waals surface area contributed by atoms with Crippen molar-refractivity contribution in [1.29, 1.82) is 0 Å². The van der Waals surface area contributed by atoms with Gasteiger partial charge in [0.15, 0.2) is 6.61 Å². The fraction of sp³-hybridized carbons (Fsp3) is 0.176. The SMILES string of the molecule is O=C(COc1ccccc1)NCC(=O)Nc1cccc(CO)c1. The van der Waals surface area contributed by atoms with E-state index < -0.39 is 0 Å². The van der Waals surface area contributed by atoms with Crippen LogP contribution in [0.2, 0.25) is 0 Å². The molecule has 0 aliphatic carbocycles. The summed E-state index contributed by atoms with van der Waals surface area (Å²) in [5.41, 5.74) is 1.26. The van der Waals surface area contributed by atoms with Crippen molar-refractivity contribution < 1.29 is 19.4 Å². The fourth-order valence-electron chi connectivity index (χ4n) is 1.85. The monoisotopic (exact) mass is 314 g/mol. The number of hydrogen-bond acceptors (Lipinski definition) is 4. The smallest absolute Gasteiger partial charge is 0.258 e. The van der Waals surface area contributed by atoms with Crippen LogP contribution in [0.4, 0.5) is 5.69 Å². The quantitative estimate of drug-likeness (QED) is 0.719. The number of para-hydroxylation sites is 1. The molecule has 23 heavy (non-hydrogen) atoms. The third-order valence-electron chi connectivity index (χ3n) is 2.95. The van der Waals surface area contributed by atoms with Gasteiger partial charge >= 0.3 is 0 Å². The maximum Gasteiger partial charge on any atom is 0.258 e. The maximum absolute atomic E-state index is 11.8. The first kappa shape index (κ1) is 16.5. The van der Waals surface area contributed by atoms with Crippen molar-refractivity contribution in [3.8, 4) is 5.75 Å². The molecule has 0 aliphatic heterocycles. The summed E-state index contributed by atoms with van der Waals surface area (Å²) >= 11 is 0. The number of benzene rings is 2. The van der Waals surface area contributed by atoms with Crippen molar-refractivity contribution in [2.75, 3.05) is 18.5 Å². The highest BCUT2D eigenvalue weighted by molar-refractivity contribution is 5.94. The van der Waals surface area contributed by atoms with E-state index in [4.69, 9.17) is 9.84 Å². The summed E-state index contributed by atoms with van der Waals surface area (Å²) in [7, 11) is 0. The van der Waals surface area contributed by atoms with Gasteiger partial charge in [-0.3, -0.25) is 9.59 Å². The number of rotatable bonds is 7. The molecule has 0 aliphatic rings. The Morgan fingerprint density at radius 3 is 2.52 bits per heavy atom. The molecule has 0 saturated carbocycles. The average Bonchev–Trinajstić information content (AvgIpc) is 2.59. The highest BCUT2D eigenvalue weighted by Gasteiger charge is 2.07. The molecule has 2 aromatic carbocycles. The summed E-state index contributed by atoms with van der Waals surface area (Å²) in [6.45, 7) is -0.408. The van der Waals surface area contributed by atoms with Crippen LogP contribution < -0.4 is 15.4 Å². The first-order valence-electron chi connectivity index (χ1n) is 7.11. The molecule has 120 valence electrons. The summed E-state index contributed by atoms with van der Waals surface area (Å²) in [5, 5.41) is 14.2. The van der Waals surface area contributed by atoms with E-state index in [0.29, 0.717) is 17.0 Å². The van der Waals surface area contributed by atoms with Crippen LogP contribution in [-0.4, -0.2) is 30.1 Å². The van der Waals surface area contributed by atoms with Gasteiger partial charge in [-0.25, -0.2) is 0 Å². The van der Waals surface area contributed by atoms with Crippen LogP contribution in [0.15, 0.2) is 54.6 Å². The lowest BCUT2D eigenvalue weighted by Crippen LogP contribution is -2.35. The minimum absolute atomic E-state index is 0.0999. The Hall–Kier alpha value is -2.86. The molecule has 0 unspecified atom stereocenters. The van der Waals surface area contributed by atoms with Crippen LogP contribution >= 0.6 is 0 Å². The highest BCUT2D eigenvalue weighted by atomic mass is 16.5. The molecule has 0 spiro atoms. The summed E-state index contributed by atoms with van der Waals surface area (Å²) in [6, 6.07) is 15.8. The van der Waals surface area contributed by atoms with Crippen LogP contribution in [-0.2, 0) is 16.2 Å². The largest absolute Gasteiger partial charge is 0.484 e. The van der Waals surface area contributed by atoms with Crippen molar-refractivity contribution in [2.45, 2.75) is 6.61 Å². The van der Waals surface area contributed by atoms with Gasteiger partial charge in [-0.05, 0) is 29.8 Å². The van der Waals surface area contributed by atoms with Crippen molar-refractivity contribution in [3.05, 3.63) is 60.2 Å². The Morgan fingerprint density at radius 2 is 1.78 bits per heavy atom. The van der Waals surface area contributed by atoms with E-state index in [-0.39, 0.29) is 31.6 Å². The molecule has 3 N–H and O–H groups in total. The fourth-order valence-corrected chi connectivity index (χ4v) is 1.85. The van der Waals surface area contributed by atoms with Crippen molar-refractivity contribution in [2.24, 2.45) is 0 Å². The third-order valence-corrected chi connectivity index (χ3v) is 2.95. The van der Waals surface area contributed by atoms with Gasteiger partial charge in [0.2, 0.25) is 5.91 Å². The van der Waals surface area contributed by atoms with E-state index in [9.17, 15) is 9.59 Å². The second-order valence-corrected chi connectivity index (χ2v) is 4.79. The lowest BCUT2D eigenvalue weighted by atomic mass is 10.2. The molecule has 6 nitrogen and oxygen atoms in total. The van der Waals surface area contributed by atoms with Gasteiger partial charge in [0.05, 0.1) is 13.2 Å². The number of hydrogen-bond donors (Lipinski definition) is 3. The second kappa shape index (κ2) is 8.55. The normalized spacial score (nSPS) is 9.96. The number of ether oxygens (including phenoxy) is 1. The van der Waals surface area contributed by atoms with E-state index in [1.807, 2.05) is 6.07 Å². The molecule has 0 saturated heterocycles. The van der Waals surface area contributed by atoms with Crippen LogP contribution in [0, 0.1) is 0 Å². The molecule has 0 bridgehead atoms. The minimum Gasteiger partial charge on any atom is -0.484 e. The van der Waals surface area contributed by atoms with E-state index in [1.165, 1.54) is 0 Å². The highest BCUT2D eigenvalue weighted by Crippen LogP contribution is 2.10. The standard InChI is InChI=1S/C17H18N2O4/c20-11-13-5-4-6-14(9-13)19-16(21)10-18-17(22)12-23-15-7-2-1-3-8-15/h1-9,20H,10-12H2,(H,18,22)(H,19,21). The Bertz CT molecular complexity index is 659. The molecule has 0 aromatic heterocycles. The lowest BCUT2D eigenvalue weighted by molar-refractivity contribution is -0.125. The zero-order valence-corrected chi connectivity index (χ0v) is 12.5. The van der Waals surface area contributed by atoms with Crippen molar-refractivity contribution in [3.63, 3.8) is 0 Å². The molecule has 0 radical (unpaired) electrons.